The van der Waals surface area contributed by atoms with E-state index in [0.717, 1.165) is 11.3 Å². The number of carbonyl (C=O) groups excluding carboxylic acids is 2. The molecule has 1 aliphatic heterocycles. The number of hydrogen-bond donors (Lipinski definition) is 1. The molecule has 3 aromatic carbocycles. The van der Waals surface area contributed by atoms with Crippen LogP contribution in [-0.2, 0) is 4.79 Å². The van der Waals surface area contributed by atoms with Crippen molar-refractivity contribution in [1.29, 1.82) is 0 Å². The lowest BCUT2D eigenvalue weighted by Gasteiger charge is -2.33. The third-order valence-corrected chi connectivity index (χ3v) is 5.65. The second-order valence-electron chi connectivity index (χ2n) is 8.09. The van der Waals surface area contributed by atoms with Crippen LogP contribution < -0.4 is 29.2 Å². The quantitative estimate of drug-likeness (QED) is 0.517. The lowest BCUT2D eigenvalue weighted by molar-refractivity contribution is -0.125. The van der Waals surface area contributed by atoms with Crippen molar-refractivity contribution in [1.82, 2.24) is 0 Å². The van der Waals surface area contributed by atoms with Gasteiger partial charge < -0.3 is 29.2 Å². The number of amides is 2. The summed E-state index contributed by atoms with van der Waals surface area (Å²) < 4.78 is 22.3. The van der Waals surface area contributed by atoms with Gasteiger partial charge in [-0.1, -0.05) is 18.2 Å². The fraction of sp³-hybridized carbons (Fsp3) is 0.259. The first-order chi connectivity index (χ1) is 16.9. The fourth-order valence-corrected chi connectivity index (χ4v) is 3.94. The number of carbonyl (C=O) groups is 2. The predicted octanol–water partition coefficient (Wildman–Crippen LogP) is 4.46. The molecule has 1 atom stereocenters. The van der Waals surface area contributed by atoms with Gasteiger partial charge >= 0.3 is 0 Å². The Kier molecular flexibility index (Phi) is 7.10. The Labute approximate surface area is 204 Å². The van der Waals surface area contributed by atoms with E-state index in [4.69, 9.17) is 18.9 Å². The average molecular weight is 477 g/mol. The molecule has 0 aliphatic carbocycles. The molecule has 0 radical (unpaired) electrons. The minimum atomic E-state index is -0.625. The van der Waals surface area contributed by atoms with Crippen LogP contribution in [0.1, 0.15) is 22.8 Å². The Morgan fingerprint density at radius 2 is 1.74 bits per heavy atom. The molecule has 1 aliphatic rings. The maximum absolute atomic E-state index is 13.1. The highest BCUT2D eigenvalue weighted by Crippen LogP contribution is 2.37. The number of fused-ring (bicyclic) bond motifs is 1. The highest BCUT2D eigenvalue weighted by molar-refractivity contribution is 6.09. The van der Waals surface area contributed by atoms with E-state index in [1.165, 1.54) is 14.2 Å². The van der Waals surface area contributed by atoms with E-state index in [0.29, 0.717) is 41.8 Å². The number of methoxy groups -OCH3 is 2. The maximum Gasteiger partial charge on any atom is 0.267 e. The van der Waals surface area contributed by atoms with Crippen LogP contribution in [0.4, 0.5) is 11.4 Å². The molecule has 3 aromatic rings. The number of nitrogens with zero attached hydrogens (tertiary/aromatic N) is 1. The molecule has 8 nitrogen and oxygen atoms in total. The molecule has 2 amide bonds. The van der Waals surface area contributed by atoms with Crippen LogP contribution in [0.3, 0.4) is 0 Å². The smallest absolute Gasteiger partial charge is 0.267 e. The average Bonchev–Trinajstić information content (AvgIpc) is 2.86. The zero-order chi connectivity index (χ0) is 24.9. The van der Waals surface area contributed by atoms with Gasteiger partial charge in [0, 0.05) is 5.69 Å². The Bertz CT molecular complexity index is 1220. The van der Waals surface area contributed by atoms with Crippen molar-refractivity contribution < 1.29 is 28.5 Å². The summed E-state index contributed by atoms with van der Waals surface area (Å²) in [5.74, 6) is 1.50. The van der Waals surface area contributed by atoms with Crippen LogP contribution in [0.5, 0.6) is 23.0 Å². The normalized spacial score (nSPS) is 14.6. The van der Waals surface area contributed by atoms with Gasteiger partial charge in [0.15, 0.2) is 6.10 Å². The highest BCUT2D eigenvalue weighted by atomic mass is 16.5. The molecule has 182 valence electrons. The van der Waals surface area contributed by atoms with Gasteiger partial charge in [-0.15, -0.1) is 0 Å². The van der Waals surface area contributed by atoms with Crippen LogP contribution in [0.2, 0.25) is 0 Å². The van der Waals surface area contributed by atoms with E-state index >= 15 is 0 Å². The van der Waals surface area contributed by atoms with Gasteiger partial charge in [-0.25, -0.2) is 0 Å². The first-order valence-electron chi connectivity index (χ1n) is 11.2. The van der Waals surface area contributed by atoms with Gasteiger partial charge in [0.2, 0.25) is 0 Å². The summed E-state index contributed by atoms with van der Waals surface area (Å²) in [5, 5.41) is 2.87. The first kappa shape index (κ1) is 23.9. The van der Waals surface area contributed by atoms with Crippen LogP contribution in [0.25, 0.3) is 0 Å². The fourth-order valence-electron chi connectivity index (χ4n) is 3.94. The molecule has 0 saturated carbocycles. The molecular formula is C27H28N2O6. The van der Waals surface area contributed by atoms with Gasteiger partial charge in [-0.2, -0.15) is 0 Å². The minimum absolute atomic E-state index is 0.180. The van der Waals surface area contributed by atoms with E-state index in [1.807, 2.05) is 31.2 Å². The number of anilines is 2. The number of nitrogens with one attached hydrogen (secondary N) is 1. The van der Waals surface area contributed by atoms with Crippen molar-refractivity contribution in [3.05, 3.63) is 71.8 Å². The molecule has 8 heteroatoms. The SMILES string of the molecule is COc1cccc(OC)c1C(=O)Nc1ccc2c(c1)N(CCOc1cccc(C)c1)C(=O)C(C)O2. The third kappa shape index (κ3) is 5.16. The van der Waals surface area contributed by atoms with Crippen LogP contribution in [0, 0.1) is 6.92 Å². The molecule has 1 heterocycles. The predicted molar refractivity (Wildman–Crippen MR) is 133 cm³/mol. The summed E-state index contributed by atoms with van der Waals surface area (Å²) in [6.07, 6.45) is -0.625. The van der Waals surface area contributed by atoms with E-state index in [2.05, 4.69) is 5.32 Å². The summed E-state index contributed by atoms with van der Waals surface area (Å²) in [6.45, 7) is 4.33. The molecule has 0 aromatic heterocycles. The van der Waals surface area contributed by atoms with Crippen LogP contribution in [-0.4, -0.2) is 45.3 Å². The molecule has 0 saturated heterocycles. The lowest BCUT2D eigenvalue weighted by atomic mass is 10.1. The Balaban J connectivity index is 1.55. The van der Waals surface area contributed by atoms with Crippen molar-refractivity contribution in [2.75, 3.05) is 37.6 Å². The van der Waals surface area contributed by atoms with E-state index in [1.54, 1.807) is 48.2 Å². The molecular weight excluding hydrogens is 448 g/mol. The molecule has 0 bridgehead atoms. The van der Waals surface area contributed by atoms with Crippen molar-refractivity contribution in [3.63, 3.8) is 0 Å². The Morgan fingerprint density at radius 1 is 1.03 bits per heavy atom. The van der Waals surface area contributed by atoms with Crippen molar-refractivity contribution in [3.8, 4) is 23.0 Å². The number of benzene rings is 3. The van der Waals surface area contributed by atoms with Gasteiger partial charge in [0.1, 0.15) is 35.2 Å². The van der Waals surface area contributed by atoms with E-state index < -0.39 is 12.0 Å². The van der Waals surface area contributed by atoms with Crippen LogP contribution >= 0.6 is 0 Å². The topological polar surface area (TPSA) is 86.3 Å². The zero-order valence-electron chi connectivity index (χ0n) is 20.2. The standard InChI is InChI=1S/C27H28N2O6/c1-17-7-5-8-20(15-17)34-14-13-29-21-16-19(11-12-22(21)35-18(2)27(29)31)28-26(30)25-23(32-3)9-6-10-24(25)33-4/h5-12,15-16,18H,13-14H2,1-4H3,(H,28,30). The summed E-state index contributed by atoms with van der Waals surface area (Å²) in [7, 11) is 2.98. The van der Waals surface area contributed by atoms with E-state index in [9.17, 15) is 9.59 Å². The Morgan fingerprint density at radius 3 is 2.43 bits per heavy atom. The van der Waals surface area contributed by atoms with Crippen molar-refractivity contribution in [2.24, 2.45) is 0 Å². The van der Waals surface area contributed by atoms with Gasteiger partial charge in [0.05, 0.1) is 26.5 Å². The lowest BCUT2D eigenvalue weighted by Crippen LogP contribution is -2.46. The number of rotatable bonds is 8. The van der Waals surface area contributed by atoms with Gasteiger partial charge in [0.25, 0.3) is 11.8 Å². The summed E-state index contributed by atoms with van der Waals surface area (Å²) >= 11 is 0. The number of ether oxygens (including phenoxy) is 4. The van der Waals surface area contributed by atoms with Crippen LogP contribution in [0.15, 0.2) is 60.7 Å². The second-order valence-corrected chi connectivity index (χ2v) is 8.09. The second kappa shape index (κ2) is 10.4. The molecule has 0 spiro atoms. The third-order valence-electron chi connectivity index (χ3n) is 5.65. The highest BCUT2D eigenvalue weighted by Gasteiger charge is 2.32. The zero-order valence-corrected chi connectivity index (χ0v) is 20.2. The molecule has 4 rings (SSSR count). The monoisotopic (exact) mass is 476 g/mol. The molecule has 1 unspecified atom stereocenters. The number of hydrogen-bond acceptors (Lipinski definition) is 6. The summed E-state index contributed by atoms with van der Waals surface area (Å²) in [4.78, 5) is 27.6. The van der Waals surface area contributed by atoms with Gasteiger partial charge in [-0.3, -0.25) is 9.59 Å². The maximum atomic E-state index is 13.1. The summed E-state index contributed by atoms with van der Waals surface area (Å²) in [5.41, 5.74) is 2.43. The van der Waals surface area contributed by atoms with E-state index in [-0.39, 0.29) is 11.5 Å². The number of aryl methyl sites for hydroxylation is 1. The largest absolute Gasteiger partial charge is 0.496 e. The first-order valence-corrected chi connectivity index (χ1v) is 11.2. The van der Waals surface area contributed by atoms with Crippen molar-refractivity contribution in [2.45, 2.75) is 20.0 Å². The molecule has 35 heavy (non-hydrogen) atoms. The summed E-state index contributed by atoms with van der Waals surface area (Å²) in [6, 6.07) is 18.0. The van der Waals surface area contributed by atoms with Crippen molar-refractivity contribution >= 4 is 23.2 Å². The molecule has 1 N–H and O–H groups in total. The van der Waals surface area contributed by atoms with Gasteiger partial charge in [-0.05, 0) is 61.9 Å². The Hall–Kier alpha value is -4.20. The minimum Gasteiger partial charge on any atom is -0.496 e. The molecule has 0 fully saturated rings.